The minimum atomic E-state index is -0.747. The fourth-order valence-corrected chi connectivity index (χ4v) is 2.43. The van der Waals surface area contributed by atoms with Gasteiger partial charge in [0.1, 0.15) is 5.54 Å². The summed E-state index contributed by atoms with van der Waals surface area (Å²) in [6, 6.07) is 0. The molecule has 1 saturated carbocycles. The van der Waals surface area contributed by atoms with Gasteiger partial charge in [-0.3, -0.25) is 4.79 Å². The van der Waals surface area contributed by atoms with Crippen LogP contribution in [0.15, 0.2) is 0 Å². The molecule has 3 N–H and O–H groups in total. The quantitative estimate of drug-likeness (QED) is 0.745. The standard InChI is InChI=1S/C15H30N2O2/c1-5-10-17-15(4,13(16)18)11-19-12-6-8-14(2,3)9-7-12/h12,17H,5-11H2,1-4H3,(H2,16,18). The lowest BCUT2D eigenvalue weighted by molar-refractivity contribution is -0.128. The molecule has 0 spiro atoms. The third-order valence-electron chi connectivity index (χ3n) is 4.20. The van der Waals surface area contributed by atoms with Crippen molar-refractivity contribution >= 4 is 5.91 Å². The molecule has 0 heterocycles. The molecule has 4 nitrogen and oxygen atoms in total. The molecule has 1 aliphatic rings. The Labute approximate surface area is 117 Å². The summed E-state index contributed by atoms with van der Waals surface area (Å²) < 4.78 is 5.94. The molecule has 1 fully saturated rings. The highest BCUT2D eigenvalue weighted by atomic mass is 16.5. The molecule has 19 heavy (non-hydrogen) atoms. The Kier molecular flexibility index (Phi) is 5.81. The van der Waals surface area contributed by atoms with Gasteiger partial charge >= 0.3 is 0 Å². The summed E-state index contributed by atoms with van der Waals surface area (Å²) in [4.78, 5) is 11.6. The van der Waals surface area contributed by atoms with Crippen molar-refractivity contribution in [3.05, 3.63) is 0 Å². The molecule has 0 bridgehead atoms. The van der Waals surface area contributed by atoms with Crippen molar-refractivity contribution in [2.75, 3.05) is 13.2 Å². The van der Waals surface area contributed by atoms with Crippen molar-refractivity contribution in [2.24, 2.45) is 11.1 Å². The number of hydrogen-bond donors (Lipinski definition) is 2. The summed E-state index contributed by atoms with van der Waals surface area (Å²) in [5.74, 6) is -0.336. The number of ether oxygens (including phenoxy) is 1. The monoisotopic (exact) mass is 270 g/mol. The van der Waals surface area contributed by atoms with Crippen LogP contribution in [-0.2, 0) is 9.53 Å². The Morgan fingerprint density at radius 3 is 2.47 bits per heavy atom. The van der Waals surface area contributed by atoms with Gasteiger partial charge in [0.2, 0.25) is 5.91 Å². The summed E-state index contributed by atoms with van der Waals surface area (Å²) >= 11 is 0. The van der Waals surface area contributed by atoms with Crippen molar-refractivity contribution in [3.63, 3.8) is 0 Å². The fraction of sp³-hybridized carbons (Fsp3) is 0.933. The van der Waals surface area contributed by atoms with Gasteiger partial charge in [-0.1, -0.05) is 20.8 Å². The zero-order valence-electron chi connectivity index (χ0n) is 12.9. The maximum absolute atomic E-state index is 11.6. The Hall–Kier alpha value is -0.610. The van der Waals surface area contributed by atoms with Gasteiger partial charge < -0.3 is 15.8 Å². The van der Waals surface area contributed by atoms with Crippen LogP contribution in [0, 0.1) is 5.41 Å². The van der Waals surface area contributed by atoms with E-state index in [0.717, 1.165) is 25.8 Å². The third kappa shape index (κ3) is 5.11. The lowest BCUT2D eigenvalue weighted by Crippen LogP contribution is -2.57. The minimum absolute atomic E-state index is 0.273. The first-order valence-electron chi connectivity index (χ1n) is 7.45. The highest BCUT2D eigenvalue weighted by Gasteiger charge is 2.33. The van der Waals surface area contributed by atoms with Gasteiger partial charge in [-0.15, -0.1) is 0 Å². The smallest absolute Gasteiger partial charge is 0.239 e. The molecule has 0 aromatic heterocycles. The molecule has 1 rings (SSSR count). The van der Waals surface area contributed by atoms with Crippen molar-refractivity contribution in [2.45, 2.75) is 71.4 Å². The van der Waals surface area contributed by atoms with E-state index in [2.05, 4.69) is 26.1 Å². The van der Waals surface area contributed by atoms with Crippen LogP contribution >= 0.6 is 0 Å². The largest absolute Gasteiger partial charge is 0.376 e. The zero-order chi connectivity index (χ0) is 14.5. The van der Waals surface area contributed by atoms with Crippen molar-refractivity contribution in [3.8, 4) is 0 Å². The van der Waals surface area contributed by atoms with Crippen molar-refractivity contribution < 1.29 is 9.53 Å². The summed E-state index contributed by atoms with van der Waals surface area (Å²) in [7, 11) is 0. The Morgan fingerprint density at radius 1 is 1.42 bits per heavy atom. The number of amides is 1. The molecule has 0 saturated heterocycles. The molecule has 112 valence electrons. The van der Waals surface area contributed by atoms with Crippen LogP contribution in [0.25, 0.3) is 0 Å². The van der Waals surface area contributed by atoms with Crippen molar-refractivity contribution in [1.82, 2.24) is 5.32 Å². The molecule has 1 aliphatic carbocycles. The van der Waals surface area contributed by atoms with E-state index in [1.54, 1.807) is 0 Å². The molecular weight excluding hydrogens is 240 g/mol. The van der Waals surface area contributed by atoms with E-state index in [9.17, 15) is 4.79 Å². The summed E-state index contributed by atoms with van der Waals surface area (Å²) in [5.41, 5.74) is 5.18. The van der Waals surface area contributed by atoms with Gasteiger partial charge in [-0.05, 0) is 51.0 Å². The first-order valence-corrected chi connectivity index (χ1v) is 7.45. The summed E-state index contributed by atoms with van der Waals surface area (Å²) in [6.07, 6.45) is 5.78. The predicted molar refractivity (Wildman–Crippen MR) is 77.9 cm³/mol. The van der Waals surface area contributed by atoms with Gasteiger partial charge in [0.05, 0.1) is 12.7 Å². The van der Waals surface area contributed by atoms with E-state index in [0.29, 0.717) is 12.0 Å². The maximum Gasteiger partial charge on any atom is 0.239 e. The summed E-state index contributed by atoms with van der Waals surface area (Å²) in [5, 5.41) is 3.20. The average molecular weight is 270 g/mol. The molecule has 1 atom stereocenters. The van der Waals surface area contributed by atoms with Crippen LogP contribution in [0.4, 0.5) is 0 Å². The Morgan fingerprint density at radius 2 is 2.00 bits per heavy atom. The van der Waals surface area contributed by atoms with Gasteiger partial charge in [0.25, 0.3) is 0 Å². The number of primary amides is 1. The first kappa shape index (κ1) is 16.4. The zero-order valence-corrected chi connectivity index (χ0v) is 12.9. The number of nitrogens with two attached hydrogens (primary N) is 1. The second-order valence-electron chi connectivity index (χ2n) is 6.80. The topological polar surface area (TPSA) is 64.3 Å². The fourth-order valence-electron chi connectivity index (χ4n) is 2.43. The normalized spacial score (nSPS) is 22.9. The lowest BCUT2D eigenvalue weighted by Gasteiger charge is -2.36. The van der Waals surface area contributed by atoms with E-state index in [4.69, 9.17) is 10.5 Å². The van der Waals surface area contributed by atoms with Crippen LogP contribution in [0.1, 0.15) is 59.8 Å². The van der Waals surface area contributed by atoms with Gasteiger partial charge in [0.15, 0.2) is 0 Å². The highest BCUT2D eigenvalue weighted by molar-refractivity contribution is 5.84. The second-order valence-corrected chi connectivity index (χ2v) is 6.80. The number of nitrogens with one attached hydrogen (secondary N) is 1. The van der Waals surface area contributed by atoms with E-state index in [-0.39, 0.29) is 12.0 Å². The molecular formula is C15H30N2O2. The van der Waals surface area contributed by atoms with E-state index in [1.807, 2.05) is 6.92 Å². The van der Waals surface area contributed by atoms with Gasteiger partial charge in [-0.2, -0.15) is 0 Å². The van der Waals surface area contributed by atoms with Crippen molar-refractivity contribution in [1.29, 1.82) is 0 Å². The summed E-state index contributed by atoms with van der Waals surface area (Å²) in [6.45, 7) is 9.66. The number of carbonyl (C=O) groups excluding carboxylic acids is 1. The van der Waals surface area contributed by atoms with E-state index >= 15 is 0 Å². The van der Waals surface area contributed by atoms with Crippen LogP contribution in [-0.4, -0.2) is 30.7 Å². The average Bonchev–Trinajstić information content (AvgIpc) is 2.35. The predicted octanol–water partition coefficient (Wildman–Crippen LogP) is 2.22. The van der Waals surface area contributed by atoms with Gasteiger partial charge in [0, 0.05) is 0 Å². The number of rotatable bonds is 7. The molecule has 0 radical (unpaired) electrons. The van der Waals surface area contributed by atoms with Crippen LogP contribution in [0.5, 0.6) is 0 Å². The molecule has 4 heteroatoms. The van der Waals surface area contributed by atoms with Crippen LogP contribution in [0.2, 0.25) is 0 Å². The molecule has 1 unspecified atom stereocenters. The SMILES string of the molecule is CCCNC(C)(COC1CCC(C)(C)CC1)C(N)=O. The maximum atomic E-state index is 11.6. The molecule has 0 aromatic rings. The van der Waals surface area contributed by atoms with E-state index < -0.39 is 5.54 Å². The minimum Gasteiger partial charge on any atom is -0.376 e. The van der Waals surface area contributed by atoms with E-state index in [1.165, 1.54) is 12.8 Å². The third-order valence-corrected chi connectivity index (χ3v) is 4.20. The first-order chi connectivity index (χ1) is 8.79. The molecule has 1 amide bonds. The highest BCUT2D eigenvalue weighted by Crippen LogP contribution is 2.36. The molecule has 0 aliphatic heterocycles. The Balaban J connectivity index is 2.42. The van der Waals surface area contributed by atoms with Crippen LogP contribution in [0.3, 0.4) is 0 Å². The van der Waals surface area contributed by atoms with Gasteiger partial charge in [-0.25, -0.2) is 0 Å². The number of carbonyl (C=O) groups is 1. The second kappa shape index (κ2) is 6.71. The number of hydrogen-bond acceptors (Lipinski definition) is 3. The molecule has 0 aromatic carbocycles. The lowest BCUT2D eigenvalue weighted by atomic mass is 9.76. The Bertz CT molecular complexity index is 295. The van der Waals surface area contributed by atoms with Crippen LogP contribution < -0.4 is 11.1 Å².